The quantitative estimate of drug-likeness (QED) is 0.857. The summed E-state index contributed by atoms with van der Waals surface area (Å²) >= 11 is 6.17. The van der Waals surface area contributed by atoms with Gasteiger partial charge >= 0.3 is 0 Å². The molecule has 1 aromatic carbocycles. The largest absolute Gasteiger partial charge is 0.313 e. The van der Waals surface area contributed by atoms with Gasteiger partial charge in [-0.1, -0.05) is 37.6 Å². The van der Waals surface area contributed by atoms with Crippen molar-refractivity contribution in [2.45, 2.75) is 33.1 Å². The van der Waals surface area contributed by atoms with Gasteiger partial charge in [0.05, 0.1) is 0 Å². The van der Waals surface area contributed by atoms with Gasteiger partial charge in [-0.05, 0) is 60.6 Å². The molecule has 0 aromatic heterocycles. The van der Waals surface area contributed by atoms with Gasteiger partial charge in [-0.2, -0.15) is 0 Å². The Labute approximate surface area is 115 Å². The maximum atomic E-state index is 6.17. The SMILES string of the molecule is CC(C)Cc1ccc(Cl)cc1C1=CCNCCC1. The van der Waals surface area contributed by atoms with Gasteiger partial charge in [0.15, 0.2) is 0 Å². The molecule has 1 aromatic rings. The van der Waals surface area contributed by atoms with E-state index in [1.165, 1.54) is 23.1 Å². The van der Waals surface area contributed by atoms with Crippen molar-refractivity contribution in [3.8, 4) is 0 Å². The fraction of sp³-hybridized carbons (Fsp3) is 0.500. The van der Waals surface area contributed by atoms with Gasteiger partial charge in [0, 0.05) is 11.6 Å². The molecule has 2 heteroatoms. The molecular formula is C16H22ClN. The maximum absolute atomic E-state index is 6.17. The van der Waals surface area contributed by atoms with Gasteiger partial charge in [0.1, 0.15) is 0 Å². The molecule has 1 aliphatic heterocycles. The molecule has 0 saturated carbocycles. The first-order chi connectivity index (χ1) is 8.66. The topological polar surface area (TPSA) is 12.0 Å². The van der Waals surface area contributed by atoms with Gasteiger partial charge in [-0.25, -0.2) is 0 Å². The third kappa shape index (κ3) is 3.60. The van der Waals surface area contributed by atoms with Crippen LogP contribution in [0.5, 0.6) is 0 Å². The monoisotopic (exact) mass is 263 g/mol. The van der Waals surface area contributed by atoms with Gasteiger partial charge in [0.25, 0.3) is 0 Å². The number of halogens is 1. The van der Waals surface area contributed by atoms with E-state index in [-0.39, 0.29) is 0 Å². The standard InChI is InChI=1S/C16H22ClN/c1-12(2)10-14-5-6-15(17)11-16(14)13-4-3-8-18-9-7-13/h5-7,11-12,18H,3-4,8-10H2,1-2H3. The third-order valence-electron chi connectivity index (χ3n) is 3.34. The Morgan fingerprint density at radius 2 is 2.17 bits per heavy atom. The van der Waals surface area contributed by atoms with Crippen LogP contribution >= 0.6 is 11.6 Å². The maximum Gasteiger partial charge on any atom is 0.0412 e. The second-order valence-electron chi connectivity index (χ2n) is 5.44. The second-order valence-corrected chi connectivity index (χ2v) is 5.87. The Kier molecular flexibility index (Phi) is 4.85. The van der Waals surface area contributed by atoms with Crippen LogP contribution in [-0.2, 0) is 6.42 Å². The summed E-state index contributed by atoms with van der Waals surface area (Å²) in [7, 11) is 0. The summed E-state index contributed by atoms with van der Waals surface area (Å²) in [6, 6.07) is 6.34. The van der Waals surface area contributed by atoms with Crippen LogP contribution in [0.4, 0.5) is 0 Å². The molecule has 18 heavy (non-hydrogen) atoms. The molecule has 1 aliphatic rings. The van der Waals surface area contributed by atoms with Gasteiger partial charge in [-0.15, -0.1) is 0 Å². The Morgan fingerprint density at radius 3 is 2.94 bits per heavy atom. The first-order valence-corrected chi connectivity index (χ1v) is 7.23. The zero-order chi connectivity index (χ0) is 13.0. The first kappa shape index (κ1) is 13.6. The average molecular weight is 264 g/mol. The molecule has 0 aliphatic carbocycles. The first-order valence-electron chi connectivity index (χ1n) is 6.85. The zero-order valence-corrected chi connectivity index (χ0v) is 12.1. The van der Waals surface area contributed by atoms with Crippen molar-refractivity contribution >= 4 is 17.2 Å². The van der Waals surface area contributed by atoms with Crippen LogP contribution in [-0.4, -0.2) is 13.1 Å². The summed E-state index contributed by atoms with van der Waals surface area (Å²) < 4.78 is 0. The Morgan fingerprint density at radius 1 is 1.33 bits per heavy atom. The molecule has 0 spiro atoms. The van der Waals surface area contributed by atoms with E-state index in [4.69, 9.17) is 11.6 Å². The Hall–Kier alpha value is -0.790. The number of benzene rings is 1. The van der Waals surface area contributed by atoms with E-state index in [0.29, 0.717) is 5.92 Å². The molecule has 1 nitrogen and oxygen atoms in total. The lowest BCUT2D eigenvalue weighted by molar-refractivity contribution is 0.646. The Bertz CT molecular complexity index is 435. The van der Waals surface area contributed by atoms with Crippen LogP contribution in [0.15, 0.2) is 24.3 Å². The van der Waals surface area contributed by atoms with Crippen LogP contribution in [0.25, 0.3) is 5.57 Å². The van der Waals surface area contributed by atoms with Crippen LogP contribution in [0, 0.1) is 5.92 Å². The lowest BCUT2D eigenvalue weighted by atomic mass is 9.91. The number of allylic oxidation sites excluding steroid dienone is 1. The summed E-state index contributed by atoms with van der Waals surface area (Å²) in [5.41, 5.74) is 4.25. The molecule has 2 rings (SSSR count). The number of rotatable bonds is 3. The molecule has 0 atom stereocenters. The van der Waals surface area contributed by atoms with E-state index in [1.54, 1.807) is 0 Å². The van der Waals surface area contributed by atoms with E-state index in [0.717, 1.165) is 31.0 Å². The minimum absolute atomic E-state index is 0.675. The Balaban J connectivity index is 2.34. The van der Waals surface area contributed by atoms with E-state index >= 15 is 0 Å². The summed E-state index contributed by atoms with van der Waals surface area (Å²) in [6.07, 6.45) is 5.80. The highest BCUT2D eigenvalue weighted by Crippen LogP contribution is 2.28. The molecule has 1 heterocycles. The average Bonchev–Trinajstić information content (AvgIpc) is 2.59. The smallest absolute Gasteiger partial charge is 0.0412 e. The summed E-state index contributed by atoms with van der Waals surface area (Å²) in [5.74, 6) is 0.675. The number of hydrogen-bond donors (Lipinski definition) is 1. The number of hydrogen-bond acceptors (Lipinski definition) is 1. The number of nitrogens with one attached hydrogen (secondary N) is 1. The molecular weight excluding hydrogens is 242 g/mol. The highest BCUT2D eigenvalue weighted by atomic mass is 35.5. The summed E-state index contributed by atoms with van der Waals surface area (Å²) in [4.78, 5) is 0. The molecule has 0 bridgehead atoms. The minimum atomic E-state index is 0.675. The fourth-order valence-corrected chi connectivity index (χ4v) is 2.69. The molecule has 1 N–H and O–H groups in total. The third-order valence-corrected chi connectivity index (χ3v) is 3.57. The van der Waals surface area contributed by atoms with Crippen molar-refractivity contribution in [1.82, 2.24) is 5.32 Å². The minimum Gasteiger partial charge on any atom is -0.313 e. The van der Waals surface area contributed by atoms with Crippen LogP contribution < -0.4 is 5.32 Å². The lowest BCUT2D eigenvalue weighted by Gasteiger charge is -2.14. The van der Waals surface area contributed by atoms with Crippen molar-refractivity contribution < 1.29 is 0 Å². The highest BCUT2D eigenvalue weighted by Gasteiger charge is 2.11. The van der Waals surface area contributed by atoms with Crippen molar-refractivity contribution in [3.63, 3.8) is 0 Å². The van der Waals surface area contributed by atoms with E-state index in [1.807, 2.05) is 6.07 Å². The van der Waals surface area contributed by atoms with Gasteiger partial charge < -0.3 is 5.32 Å². The lowest BCUT2D eigenvalue weighted by Crippen LogP contribution is -2.12. The predicted octanol–water partition coefficient (Wildman–Crippen LogP) is 4.31. The second kappa shape index (κ2) is 6.40. The highest BCUT2D eigenvalue weighted by molar-refractivity contribution is 6.30. The molecule has 0 amide bonds. The predicted molar refractivity (Wildman–Crippen MR) is 80.1 cm³/mol. The van der Waals surface area contributed by atoms with Crippen LogP contribution in [0.2, 0.25) is 5.02 Å². The fourth-order valence-electron chi connectivity index (χ4n) is 2.51. The van der Waals surface area contributed by atoms with Crippen molar-refractivity contribution in [1.29, 1.82) is 0 Å². The van der Waals surface area contributed by atoms with Crippen molar-refractivity contribution in [2.24, 2.45) is 5.92 Å². The van der Waals surface area contributed by atoms with Crippen LogP contribution in [0.3, 0.4) is 0 Å². The normalized spacial score (nSPS) is 16.6. The summed E-state index contributed by atoms with van der Waals surface area (Å²) in [5, 5.41) is 4.26. The molecule has 0 unspecified atom stereocenters. The van der Waals surface area contributed by atoms with E-state index in [9.17, 15) is 0 Å². The molecule has 0 saturated heterocycles. The molecule has 0 fully saturated rings. The van der Waals surface area contributed by atoms with Gasteiger partial charge in [0.2, 0.25) is 0 Å². The zero-order valence-electron chi connectivity index (χ0n) is 11.3. The molecule has 0 radical (unpaired) electrons. The van der Waals surface area contributed by atoms with Crippen molar-refractivity contribution in [3.05, 3.63) is 40.4 Å². The van der Waals surface area contributed by atoms with Gasteiger partial charge in [-0.3, -0.25) is 0 Å². The van der Waals surface area contributed by atoms with E-state index in [2.05, 4.69) is 37.4 Å². The molecule has 98 valence electrons. The van der Waals surface area contributed by atoms with Crippen molar-refractivity contribution in [2.75, 3.05) is 13.1 Å². The van der Waals surface area contributed by atoms with E-state index < -0.39 is 0 Å². The summed E-state index contributed by atoms with van der Waals surface area (Å²) in [6.45, 7) is 6.62. The van der Waals surface area contributed by atoms with Crippen LogP contribution in [0.1, 0.15) is 37.8 Å².